The van der Waals surface area contributed by atoms with Crippen LogP contribution in [0.1, 0.15) is 25.0 Å². The molecular formula is C12H15N. The minimum atomic E-state index is 0.975. The van der Waals surface area contributed by atoms with Crippen LogP contribution in [0.15, 0.2) is 37.2 Å². The zero-order valence-corrected chi connectivity index (χ0v) is 8.30. The van der Waals surface area contributed by atoms with E-state index >= 15 is 0 Å². The molecule has 0 saturated carbocycles. The molecule has 1 heteroatoms. The van der Waals surface area contributed by atoms with Crippen LogP contribution in [0.25, 0.3) is 5.57 Å². The van der Waals surface area contributed by atoms with Gasteiger partial charge in [0, 0.05) is 12.4 Å². The lowest BCUT2D eigenvalue weighted by Crippen LogP contribution is -1.89. The standard InChI is InChI=1S/C12H15N/c1-5-11-6-12(8-13-7-11)10(4)9(2)3/h6-8H,2,4-5H2,1,3H3. The van der Waals surface area contributed by atoms with Gasteiger partial charge in [0.15, 0.2) is 0 Å². The van der Waals surface area contributed by atoms with Crippen molar-refractivity contribution in [1.82, 2.24) is 4.98 Å². The summed E-state index contributed by atoms with van der Waals surface area (Å²) in [6, 6.07) is 2.12. The summed E-state index contributed by atoms with van der Waals surface area (Å²) >= 11 is 0. The van der Waals surface area contributed by atoms with E-state index < -0.39 is 0 Å². The first-order chi connectivity index (χ1) is 6.15. The molecule has 0 radical (unpaired) electrons. The van der Waals surface area contributed by atoms with Crippen molar-refractivity contribution in [3.63, 3.8) is 0 Å². The number of allylic oxidation sites excluding steroid dienone is 2. The molecule has 0 aliphatic rings. The average molecular weight is 173 g/mol. The molecule has 0 amide bonds. The van der Waals surface area contributed by atoms with Gasteiger partial charge in [-0.3, -0.25) is 4.98 Å². The molecule has 1 aromatic rings. The third-order valence-corrected chi connectivity index (χ3v) is 2.07. The topological polar surface area (TPSA) is 12.9 Å². The molecule has 0 spiro atoms. The first-order valence-corrected chi connectivity index (χ1v) is 4.44. The van der Waals surface area contributed by atoms with Crippen LogP contribution < -0.4 is 0 Å². The van der Waals surface area contributed by atoms with E-state index in [4.69, 9.17) is 0 Å². The zero-order valence-electron chi connectivity index (χ0n) is 8.30. The third kappa shape index (κ3) is 2.28. The van der Waals surface area contributed by atoms with Gasteiger partial charge in [-0.15, -0.1) is 0 Å². The Bertz CT molecular complexity index is 337. The number of hydrogen-bond donors (Lipinski definition) is 0. The van der Waals surface area contributed by atoms with Gasteiger partial charge in [0.1, 0.15) is 0 Å². The molecule has 0 fully saturated rings. The van der Waals surface area contributed by atoms with Gasteiger partial charge in [-0.05, 0) is 36.1 Å². The molecule has 0 aliphatic heterocycles. The molecule has 0 aromatic carbocycles. The molecule has 1 heterocycles. The molecule has 0 aliphatic carbocycles. The van der Waals surface area contributed by atoms with E-state index in [1.165, 1.54) is 5.56 Å². The van der Waals surface area contributed by atoms with E-state index in [0.29, 0.717) is 0 Å². The minimum absolute atomic E-state index is 0.975. The lowest BCUT2D eigenvalue weighted by Gasteiger charge is -2.05. The predicted octanol–water partition coefficient (Wildman–Crippen LogP) is 3.23. The summed E-state index contributed by atoms with van der Waals surface area (Å²) in [5, 5.41) is 0. The molecule has 1 aromatic heterocycles. The van der Waals surface area contributed by atoms with E-state index in [0.717, 1.165) is 23.1 Å². The molecule has 13 heavy (non-hydrogen) atoms. The summed E-state index contributed by atoms with van der Waals surface area (Å²) in [6.45, 7) is 11.9. The van der Waals surface area contributed by atoms with Crippen LogP contribution in [0.4, 0.5) is 0 Å². The maximum absolute atomic E-state index is 4.16. The van der Waals surface area contributed by atoms with Gasteiger partial charge in [0.25, 0.3) is 0 Å². The average Bonchev–Trinajstić information content (AvgIpc) is 2.16. The van der Waals surface area contributed by atoms with Gasteiger partial charge in [-0.25, -0.2) is 0 Å². The summed E-state index contributed by atoms with van der Waals surface area (Å²) in [5.74, 6) is 0. The Morgan fingerprint density at radius 1 is 1.38 bits per heavy atom. The molecule has 0 unspecified atom stereocenters. The Morgan fingerprint density at radius 2 is 2.08 bits per heavy atom. The lowest BCUT2D eigenvalue weighted by atomic mass is 10.0. The molecule has 0 atom stereocenters. The fourth-order valence-electron chi connectivity index (χ4n) is 1.09. The second kappa shape index (κ2) is 4.04. The molecule has 0 N–H and O–H groups in total. The molecular weight excluding hydrogens is 158 g/mol. The van der Waals surface area contributed by atoms with Crippen molar-refractivity contribution in [2.24, 2.45) is 0 Å². The quantitative estimate of drug-likeness (QED) is 0.639. The van der Waals surface area contributed by atoms with Crippen LogP contribution in [0.3, 0.4) is 0 Å². The number of aromatic nitrogens is 1. The first-order valence-electron chi connectivity index (χ1n) is 4.44. The van der Waals surface area contributed by atoms with Crippen LogP contribution in [0, 0.1) is 0 Å². The SMILES string of the molecule is C=C(C)C(=C)c1cncc(CC)c1. The molecule has 1 nitrogen and oxygen atoms in total. The van der Waals surface area contributed by atoms with Crippen LogP contribution in [-0.4, -0.2) is 4.98 Å². The fourth-order valence-corrected chi connectivity index (χ4v) is 1.09. The number of hydrogen-bond acceptors (Lipinski definition) is 1. The van der Waals surface area contributed by atoms with Gasteiger partial charge in [0.05, 0.1) is 0 Å². The van der Waals surface area contributed by atoms with E-state index in [-0.39, 0.29) is 0 Å². The minimum Gasteiger partial charge on any atom is -0.264 e. The van der Waals surface area contributed by atoms with Crippen molar-refractivity contribution < 1.29 is 0 Å². The van der Waals surface area contributed by atoms with Crippen molar-refractivity contribution in [2.75, 3.05) is 0 Å². The van der Waals surface area contributed by atoms with Crippen LogP contribution in [-0.2, 0) is 6.42 Å². The second-order valence-corrected chi connectivity index (χ2v) is 3.19. The largest absolute Gasteiger partial charge is 0.264 e. The molecule has 0 bridgehead atoms. The summed E-state index contributed by atoms with van der Waals surface area (Å²) in [6.07, 6.45) is 4.72. The maximum atomic E-state index is 4.16. The molecule has 0 saturated heterocycles. The zero-order chi connectivity index (χ0) is 9.84. The smallest absolute Gasteiger partial charge is 0.0346 e. The van der Waals surface area contributed by atoms with Crippen molar-refractivity contribution in [3.05, 3.63) is 48.3 Å². The van der Waals surface area contributed by atoms with Crippen molar-refractivity contribution in [2.45, 2.75) is 20.3 Å². The van der Waals surface area contributed by atoms with E-state index in [9.17, 15) is 0 Å². The third-order valence-electron chi connectivity index (χ3n) is 2.07. The Labute approximate surface area is 79.8 Å². The van der Waals surface area contributed by atoms with Gasteiger partial charge >= 0.3 is 0 Å². The number of pyridine rings is 1. The van der Waals surface area contributed by atoms with Crippen molar-refractivity contribution in [3.8, 4) is 0 Å². The summed E-state index contributed by atoms with van der Waals surface area (Å²) in [5.41, 5.74) is 4.28. The Morgan fingerprint density at radius 3 is 2.62 bits per heavy atom. The summed E-state index contributed by atoms with van der Waals surface area (Å²) in [7, 11) is 0. The van der Waals surface area contributed by atoms with Crippen LogP contribution in [0.2, 0.25) is 0 Å². The van der Waals surface area contributed by atoms with Crippen molar-refractivity contribution >= 4 is 5.57 Å². The number of nitrogens with zero attached hydrogens (tertiary/aromatic N) is 1. The monoisotopic (exact) mass is 173 g/mol. The van der Waals surface area contributed by atoms with E-state index in [1.54, 1.807) is 0 Å². The molecule has 68 valence electrons. The number of aryl methyl sites for hydroxylation is 1. The van der Waals surface area contributed by atoms with Gasteiger partial charge in [-0.1, -0.05) is 25.7 Å². The summed E-state index contributed by atoms with van der Waals surface area (Å²) < 4.78 is 0. The normalized spacial score (nSPS) is 9.69. The van der Waals surface area contributed by atoms with Gasteiger partial charge in [0.2, 0.25) is 0 Å². The highest BCUT2D eigenvalue weighted by atomic mass is 14.6. The number of rotatable bonds is 3. The Balaban J connectivity index is 3.02. The van der Waals surface area contributed by atoms with Gasteiger partial charge in [-0.2, -0.15) is 0 Å². The molecule has 1 rings (SSSR count). The van der Waals surface area contributed by atoms with Crippen molar-refractivity contribution in [1.29, 1.82) is 0 Å². The Hall–Kier alpha value is -1.37. The van der Waals surface area contributed by atoms with Crippen LogP contribution in [0.5, 0.6) is 0 Å². The highest BCUT2D eigenvalue weighted by Gasteiger charge is 2.00. The first kappa shape index (κ1) is 9.72. The Kier molecular flexibility index (Phi) is 3.02. The highest BCUT2D eigenvalue weighted by molar-refractivity contribution is 5.75. The fraction of sp³-hybridized carbons (Fsp3) is 0.250. The maximum Gasteiger partial charge on any atom is 0.0346 e. The highest BCUT2D eigenvalue weighted by Crippen LogP contribution is 2.19. The second-order valence-electron chi connectivity index (χ2n) is 3.19. The van der Waals surface area contributed by atoms with Crippen LogP contribution >= 0.6 is 0 Å². The predicted molar refractivity (Wildman–Crippen MR) is 57.5 cm³/mol. The van der Waals surface area contributed by atoms with Gasteiger partial charge < -0.3 is 0 Å². The summed E-state index contributed by atoms with van der Waals surface area (Å²) in [4.78, 5) is 4.16. The van der Waals surface area contributed by atoms with E-state index in [1.807, 2.05) is 19.3 Å². The lowest BCUT2D eigenvalue weighted by molar-refractivity contribution is 1.10. The van der Waals surface area contributed by atoms with E-state index in [2.05, 4.69) is 31.1 Å².